The number of hydrogen-bond donors (Lipinski definition) is 3. The first-order valence-electron chi connectivity index (χ1n) is 10.5. The maximum absolute atomic E-state index is 12.4. The minimum atomic E-state index is -1.50. The van der Waals surface area contributed by atoms with E-state index in [0.29, 0.717) is 24.2 Å². The zero-order valence-corrected chi connectivity index (χ0v) is 18.0. The van der Waals surface area contributed by atoms with Gasteiger partial charge in [0.05, 0.1) is 6.54 Å². The summed E-state index contributed by atoms with van der Waals surface area (Å²) < 4.78 is 5.67. The lowest BCUT2D eigenvalue weighted by molar-refractivity contribution is -0.136. The third-order valence-electron chi connectivity index (χ3n) is 5.59. The van der Waals surface area contributed by atoms with Crippen LogP contribution in [-0.4, -0.2) is 35.9 Å². The Balaban J connectivity index is 1.40. The molecule has 0 saturated carbocycles. The fraction of sp³-hybridized carbons (Fsp3) is 0.292. The fourth-order valence-electron chi connectivity index (χ4n) is 3.74. The monoisotopic (exact) mass is 435 g/mol. The lowest BCUT2D eigenvalue weighted by Gasteiger charge is -2.21. The minimum absolute atomic E-state index is 0.0436. The normalized spacial score (nSPS) is 15.6. The van der Waals surface area contributed by atoms with Crippen molar-refractivity contribution in [3.05, 3.63) is 59.9 Å². The zero-order valence-electron chi connectivity index (χ0n) is 18.0. The van der Waals surface area contributed by atoms with Gasteiger partial charge in [-0.2, -0.15) is 0 Å². The second kappa shape index (κ2) is 8.47. The number of aryl methyl sites for hydroxylation is 1. The van der Waals surface area contributed by atoms with Gasteiger partial charge in [-0.3, -0.25) is 14.4 Å². The lowest BCUT2D eigenvalue weighted by atomic mass is 10.0. The molecule has 1 aliphatic rings. The topological polar surface area (TPSA) is 112 Å². The first-order chi connectivity index (χ1) is 15.2. The number of carbonyl (C=O) groups is 3. The van der Waals surface area contributed by atoms with Gasteiger partial charge in [0.1, 0.15) is 16.9 Å². The fourth-order valence-corrected chi connectivity index (χ4v) is 3.74. The van der Waals surface area contributed by atoms with Crippen LogP contribution in [0, 0.1) is 6.92 Å². The van der Waals surface area contributed by atoms with Gasteiger partial charge in [-0.25, -0.2) is 0 Å². The SMILES string of the molecule is Cc1ccc(NC(=O)C(=O)NCC(C)(O)c2cc3ccccc3o2)cc1N1CCCC1=O. The van der Waals surface area contributed by atoms with Crippen molar-refractivity contribution in [2.75, 3.05) is 23.3 Å². The highest BCUT2D eigenvalue weighted by molar-refractivity contribution is 6.39. The Morgan fingerprint density at radius 1 is 1.16 bits per heavy atom. The summed E-state index contributed by atoms with van der Waals surface area (Å²) in [5.41, 5.74) is 1.17. The number of hydrogen-bond acceptors (Lipinski definition) is 5. The molecular formula is C24H25N3O5. The molecule has 3 N–H and O–H groups in total. The average molecular weight is 435 g/mol. The first-order valence-corrected chi connectivity index (χ1v) is 10.5. The van der Waals surface area contributed by atoms with Crippen molar-refractivity contribution in [1.29, 1.82) is 0 Å². The van der Waals surface area contributed by atoms with Crippen LogP contribution >= 0.6 is 0 Å². The lowest BCUT2D eigenvalue weighted by Crippen LogP contribution is -2.43. The number of carbonyl (C=O) groups excluding carboxylic acids is 3. The molecule has 0 radical (unpaired) electrons. The van der Waals surface area contributed by atoms with Crippen molar-refractivity contribution in [3.63, 3.8) is 0 Å². The molecule has 1 fully saturated rings. The second-order valence-electron chi connectivity index (χ2n) is 8.21. The molecule has 4 rings (SSSR count). The van der Waals surface area contributed by atoms with Gasteiger partial charge >= 0.3 is 11.8 Å². The Hall–Kier alpha value is -3.65. The average Bonchev–Trinajstić information content (AvgIpc) is 3.40. The summed E-state index contributed by atoms with van der Waals surface area (Å²) in [6.45, 7) is 3.82. The number of benzene rings is 2. The summed E-state index contributed by atoms with van der Waals surface area (Å²) >= 11 is 0. The number of rotatable bonds is 5. The number of furan rings is 1. The van der Waals surface area contributed by atoms with E-state index in [1.165, 1.54) is 6.92 Å². The molecule has 0 bridgehead atoms. The van der Waals surface area contributed by atoms with Crippen LogP contribution in [0.1, 0.15) is 31.1 Å². The molecule has 3 amide bonds. The van der Waals surface area contributed by atoms with E-state index in [0.717, 1.165) is 23.1 Å². The highest BCUT2D eigenvalue weighted by Crippen LogP contribution is 2.29. The van der Waals surface area contributed by atoms with Crippen LogP contribution in [0.25, 0.3) is 11.0 Å². The van der Waals surface area contributed by atoms with E-state index in [9.17, 15) is 19.5 Å². The zero-order chi connectivity index (χ0) is 22.9. The van der Waals surface area contributed by atoms with Crippen molar-refractivity contribution in [2.24, 2.45) is 0 Å². The van der Waals surface area contributed by atoms with Crippen LogP contribution in [0.2, 0.25) is 0 Å². The number of nitrogens with one attached hydrogen (secondary N) is 2. The van der Waals surface area contributed by atoms with E-state index in [4.69, 9.17) is 4.42 Å². The van der Waals surface area contributed by atoms with Gasteiger partial charge in [0.2, 0.25) is 5.91 Å². The molecule has 166 valence electrons. The van der Waals surface area contributed by atoms with E-state index in [-0.39, 0.29) is 18.2 Å². The van der Waals surface area contributed by atoms with Gasteiger partial charge in [0, 0.05) is 29.7 Å². The van der Waals surface area contributed by atoms with Gasteiger partial charge in [-0.1, -0.05) is 24.3 Å². The molecule has 2 heterocycles. The van der Waals surface area contributed by atoms with Crippen molar-refractivity contribution in [2.45, 2.75) is 32.3 Å². The molecule has 2 aromatic carbocycles. The van der Waals surface area contributed by atoms with Crippen LogP contribution in [-0.2, 0) is 20.0 Å². The van der Waals surface area contributed by atoms with Crippen LogP contribution in [0.15, 0.2) is 52.9 Å². The molecular weight excluding hydrogens is 410 g/mol. The smallest absolute Gasteiger partial charge is 0.313 e. The molecule has 1 aliphatic heterocycles. The van der Waals surface area contributed by atoms with E-state index < -0.39 is 17.4 Å². The number of fused-ring (bicyclic) bond motifs is 1. The maximum atomic E-state index is 12.4. The highest BCUT2D eigenvalue weighted by atomic mass is 16.4. The number of para-hydroxylation sites is 1. The molecule has 3 aromatic rings. The molecule has 1 aromatic heterocycles. The molecule has 32 heavy (non-hydrogen) atoms. The molecule has 1 atom stereocenters. The van der Waals surface area contributed by atoms with E-state index >= 15 is 0 Å². The summed E-state index contributed by atoms with van der Waals surface area (Å²) in [5.74, 6) is -1.42. The summed E-state index contributed by atoms with van der Waals surface area (Å²) in [4.78, 5) is 38.5. The van der Waals surface area contributed by atoms with Crippen molar-refractivity contribution in [3.8, 4) is 0 Å². The Morgan fingerprint density at radius 2 is 1.94 bits per heavy atom. The predicted molar refractivity (Wildman–Crippen MR) is 120 cm³/mol. The second-order valence-corrected chi connectivity index (χ2v) is 8.21. The predicted octanol–water partition coefficient (Wildman–Crippen LogP) is 2.83. The van der Waals surface area contributed by atoms with Crippen molar-refractivity contribution < 1.29 is 23.9 Å². The van der Waals surface area contributed by atoms with Gasteiger partial charge < -0.3 is 25.1 Å². The quantitative estimate of drug-likeness (QED) is 0.534. The third-order valence-corrected chi connectivity index (χ3v) is 5.59. The molecule has 8 nitrogen and oxygen atoms in total. The number of amides is 3. The minimum Gasteiger partial charge on any atom is -0.458 e. The van der Waals surface area contributed by atoms with Gasteiger partial charge in [0.25, 0.3) is 0 Å². The summed E-state index contributed by atoms with van der Waals surface area (Å²) in [6, 6.07) is 14.2. The van der Waals surface area contributed by atoms with E-state index in [2.05, 4.69) is 10.6 Å². The molecule has 0 aliphatic carbocycles. The summed E-state index contributed by atoms with van der Waals surface area (Å²) in [6.07, 6.45) is 1.30. The van der Waals surface area contributed by atoms with Gasteiger partial charge in [0.15, 0.2) is 0 Å². The third kappa shape index (κ3) is 4.36. The van der Waals surface area contributed by atoms with Crippen LogP contribution < -0.4 is 15.5 Å². The van der Waals surface area contributed by atoms with E-state index in [1.807, 2.05) is 25.1 Å². The van der Waals surface area contributed by atoms with Crippen molar-refractivity contribution >= 4 is 40.1 Å². The van der Waals surface area contributed by atoms with Gasteiger partial charge in [-0.15, -0.1) is 0 Å². The largest absolute Gasteiger partial charge is 0.458 e. The van der Waals surface area contributed by atoms with Crippen LogP contribution in [0.3, 0.4) is 0 Å². The van der Waals surface area contributed by atoms with Gasteiger partial charge in [-0.05, 0) is 50.1 Å². The molecule has 1 unspecified atom stereocenters. The number of anilines is 2. The molecule has 1 saturated heterocycles. The standard InChI is InChI=1S/C24H25N3O5/c1-15-9-10-17(13-18(15)27-11-5-8-21(27)28)26-23(30)22(29)25-14-24(2,31)20-12-16-6-3-4-7-19(16)32-20/h3-4,6-7,9-10,12-13,31H,5,8,11,14H2,1-2H3,(H,25,29)(H,26,30). The van der Waals surface area contributed by atoms with E-state index in [1.54, 1.807) is 35.2 Å². The Kier molecular flexibility index (Phi) is 5.71. The Morgan fingerprint density at radius 3 is 2.66 bits per heavy atom. The first kappa shape index (κ1) is 21.6. The van der Waals surface area contributed by atoms with Crippen molar-refractivity contribution in [1.82, 2.24) is 5.32 Å². The highest BCUT2D eigenvalue weighted by Gasteiger charge is 2.29. The number of nitrogens with zero attached hydrogens (tertiary/aromatic N) is 1. The molecule has 8 heteroatoms. The number of aliphatic hydroxyl groups is 1. The van der Waals surface area contributed by atoms with Crippen LogP contribution in [0.4, 0.5) is 11.4 Å². The molecule has 0 spiro atoms. The Bertz CT molecular complexity index is 1160. The summed E-state index contributed by atoms with van der Waals surface area (Å²) in [5, 5.41) is 16.6. The summed E-state index contributed by atoms with van der Waals surface area (Å²) in [7, 11) is 0. The van der Waals surface area contributed by atoms with Crippen LogP contribution in [0.5, 0.6) is 0 Å². The maximum Gasteiger partial charge on any atom is 0.313 e. The Labute approximate surface area is 185 Å².